The first-order valence-electron chi connectivity index (χ1n) is 11.0. The van der Waals surface area contributed by atoms with Crippen molar-refractivity contribution in [1.29, 1.82) is 0 Å². The van der Waals surface area contributed by atoms with Crippen LogP contribution in [0.2, 0.25) is 5.02 Å². The number of benzene rings is 3. The minimum Gasteiger partial charge on any atom is -0.246 e. The first-order chi connectivity index (χ1) is 15.9. The van der Waals surface area contributed by atoms with E-state index in [2.05, 4.69) is 73.5 Å². The minimum atomic E-state index is 0.753. The molecule has 5 rings (SSSR count). The van der Waals surface area contributed by atoms with E-state index >= 15 is 0 Å². The maximum atomic E-state index is 6.33. The van der Waals surface area contributed by atoms with E-state index in [1.165, 1.54) is 27.8 Å². The number of hydrogen-bond acceptors (Lipinski definition) is 3. The Kier molecular flexibility index (Phi) is 5.47. The van der Waals surface area contributed by atoms with Crippen LogP contribution in [0.3, 0.4) is 0 Å². The van der Waals surface area contributed by atoms with Gasteiger partial charge in [0.15, 0.2) is 0 Å². The summed E-state index contributed by atoms with van der Waals surface area (Å²) in [6.07, 6.45) is 2.75. The van der Waals surface area contributed by atoms with Crippen LogP contribution < -0.4 is 0 Å². The van der Waals surface area contributed by atoms with E-state index in [4.69, 9.17) is 16.6 Å². The molecule has 0 saturated heterocycles. The van der Waals surface area contributed by atoms with Crippen molar-refractivity contribution in [3.63, 3.8) is 0 Å². The molecule has 0 amide bonds. The van der Waals surface area contributed by atoms with Gasteiger partial charge in [0.1, 0.15) is 5.69 Å². The highest BCUT2D eigenvalue weighted by atomic mass is 35.5. The fourth-order valence-electron chi connectivity index (χ4n) is 4.13. The third-order valence-electron chi connectivity index (χ3n) is 6.39. The Bertz CT molecular complexity index is 1480. The van der Waals surface area contributed by atoms with Gasteiger partial charge in [0.25, 0.3) is 0 Å². The van der Waals surface area contributed by atoms with E-state index in [9.17, 15) is 0 Å². The Morgan fingerprint density at radius 1 is 0.818 bits per heavy atom. The zero-order chi connectivity index (χ0) is 23.1. The zero-order valence-electron chi connectivity index (χ0n) is 19.2. The molecule has 4 nitrogen and oxygen atoms in total. The van der Waals surface area contributed by atoms with Crippen molar-refractivity contribution >= 4 is 22.5 Å². The highest BCUT2D eigenvalue weighted by Crippen LogP contribution is 2.26. The average molecular weight is 453 g/mol. The Morgan fingerprint density at radius 2 is 1.61 bits per heavy atom. The second kappa shape index (κ2) is 8.45. The third kappa shape index (κ3) is 4.14. The van der Waals surface area contributed by atoms with Gasteiger partial charge in [0.2, 0.25) is 0 Å². The highest BCUT2D eigenvalue weighted by molar-refractivity contribution is 6.31. The van der Waals surface area contributed by atoms with Gasteiger partial charge in [0.05, 0.1) is 23.1 Å². The van der Waals surface area contributed by atoms with E-state index in [0.29, 0.717) is 0 Å². The Hall–Kier alpha value is -3.50. The van der Waals surface area contributed by atoms with Crippen LogP contribution in [0.5, 0.6) is 0 Å². The van der Waals surface area contributed by atoms with Gasteiger partial charge >= 0.3 is 0 Å². The lowest BCUT2D eigenvalue weighted by atomic mass is 9.99. The average Bonchev–Trinajstić information content (AvgIpc) is 3.30. The van der Waals surface area contributed by atoms with Gasteiger partial charge in [-0.05, 0) is 97.8 Å². The van der Waals surface area contributed by atoms with Gasteiger partial charge in [0, 0.05) is 10.4 Å². The normalized spacial score (nSPS) is 11.3. The van der Waals surface area contributed by atoms with Crippen LogP contribution in [0.25, 0.3) is 28.0 Å². The van der Waals surface area contributed by atoms with Crippen molar-refractivity contribution < 1.29 is 0 Å². The molecule has 0 aliphatic heterocycles. The summed E-state index contributed by atoms with van der Waals surface area (Å²) in [4.78, 5) is 4.89. The molecular formula is C28H25ClN4. The lowest BCUT2D eigenvalue weighted by Gasteiger charge is -2.09. The molecule has 5 aromatic rings. The van der Waals surface area contributed by atoms with Crippen molar-refractivity contribution in [3.05, 3.63) is 105 Å². The molecule has 33 heavy (non-hydrogen) atoms. The van der Waals surface area contributed by atoms with Crippen LogP contribution in [0.4, 0.5) is 0 Å². The van der Waals surface area contributed by atoms with E-state index < -0.39 is 0 Å². The van der Waals surface area contributed by atoms with Crippen molar-refractivity contribution in [3.8, 4) is 17.1 Å². The van der Waals surface area contributed by atoms with Crippen molar-refractivity contribution in [2.24, 2.45) is 0 Å². The summed E-state index contributed by atoms with van der Waals surface area (Å²) < 4.78 is 1.82. The number of pyridine rings is 1. The second-order valence-corrected chi connectivity index (χ2v) is 9.10. The molecule has 0 aliphatic carbocycles. The first-order valence-corrected chi connectivity index (χ1v) is 11.4. The molecule has 0 bridgehead atoms. The van der Waals surface area contributed by atoms with Crippen LogP contribution in [-0.2, 0) is 6.42 Å². The van der Waals surface area contributed by atoms with Gasteiger partial charge in [-0.2, -0.15) is 0 Å². The molecule has 0 aliphatic rings. The largest absolute Gasteiger partial charge is 0.246 e. The standard InChI is InChI=1S/C28H25ClN4/c1-17-8-9-21(15-25(17)29)14-22-6-5-7-26-24(22)10-11-27(30-26)28-16-33(32-31-28)23-12-18(2)20(4)19(3)13-23/h5-13,15-16H,14H2,1-4H3. The summed E-state index contributed by atoms with van der Waals surface area (Å²) in [5.41, 5.74) is 10.8. The summed E-state index contributed by atoms with van der Waals surface area (Å²) >= 11 is 6.33. The molecule has 5 heteroatoms. The van der Waals surface area contributed by atoms with Gasteiger partial charge < -0.3 is 0 Å². The molecule has 0 spiro atoms. The van der Waals surface area contributed by atoms with Gasteiger partial charge in [-0.3, -0.25) is 0 Å². The molecule has 0 radical (unpaired) electrons. The molecular weight excluding hydrogens is 428 g/mol. The fraction of sp³-hybridized carbons (Fsp3) is 0.179. The predicted octanol–water partition coefficient (Wildman–Crippen LogP) is 6.96. The number of aromatic nitrogens is 4. The van der Waals surface area contributed by atoms with E-state index in [-0.39, 0.29) is 0 Å². The number of halogens is 1. The summed E-state index contributed by atoms with van der Waals surface area (Å²) in [5.74, 6) is 0. The van der Waals surface area contributed by atoms with Gasteiger partial charge in [-0.15, -0.1) is 5.10 Å². The molecule has 0 saturated carbocycles. The molecule has 164 valence electrons. The molecule has 0 N–H and O–H groups in total. The SMILES string of the molecule is Cc1ccc(Cc2cccc3nc(-c4cn(-c5cc(C)c(C)c(C)c5)nn4)ccc23)cc1Cl. The third-order valence-corrected chi connectivity index (χ3v) is 6.79. The lowest BCUT2D eigenvalue weighted by Crippen LogP contribution is -1.98. The van der Waals surface area contributed by atoms with Gasteiger partial charge in [-0.25, -0.2) is 9.67 Å². The lowest BCUT2D eigenvalue weighted by molar-refractivity contribution is 0.801. The maximum Gasteiger partial charge on any atom is 0.131 e. The summed E-state index contributed by atoms with van der Waals surface area (Å²) in [7, 11) is 0. The zero-order valence-corrected chi connectivity index (χ0v) is 20.0. The number of hydrogen-bond donors (Lipinski definition) is 0. The minimum absolute atomic E-state index is 0.753. The second-order valence-electron chi connectivity index (χ2n) is 8.69. The molecule has 2 aromatic heterocycles. The molecule has 2 heterocycles. The van der Waals surface area contributed by atoms with Crippen LogP contribution in [0.15, 0.2) is 66.9 Å². The quantitative estimate of drug-likeness (QED) is 0.296. The van der Waals surface area contributed by atoms with Crippen LogP contribution in [0, 0.1) is 27.7 Å². The number of nitrogens with zero attached hydrogens (tertiary/aromatic N) is 4. The molecule has 0 atom stereocenters. The molecule has 3 aromatic carbocycles. The fourth-order valence-corrected chi connectivity index (χ4v) is 4.34. The van der Waals surface area contributed by atoms with Crippen LogP contribution in [0.1, 0.15) is 33.4 Å². The van der Waals surface area contributed by atoms with E-state index in [0.717, 1.165) is 45.0 Å². The maximum absolute atomic E-state index is 6.33. The van der Waals surface area contributed by atoms with Crippen LogP contribution >= 0.6 is 11.6 Å². The van der Waals surface area contributed by atoms with E-state index in [1.807, 2.05) is 36.0 Å². The van der Waals surface area contributed by atoms with Crippen molar-refractivity contribution in [2.45, 2.75) is 34.1 Å². The Balaban J connectivity index is 1.48. The first kappa shape index (κ1) is 21.4. The van der Waals surface area contributed by atoms with Crippen molar-refractivity contribution in [2.75, 3.05) is 0 Å². The summed E-state index contributed by atoms with van der Waals surface area (Å²) in [6, 6.07) is 20.9. The smallest absolute Gasteiger partial charge is 0.131 e. The molecule has 0 unspecified atom stereocenters. The Labute approximate surface area is 198 Å². The predicted molar refractivity (Wildman–Crippen MR) is 135 cm³/mol. The van der Waals surface area contributed by atoms with Crippen LogP contribution in [-0.4, -0.2) is 20.0 Å². The highest BCUT2D eigenvalue weighted by Gasteiger charge is 2.11. The summed E-state index contributed by atoms with van der Waals surface area (Å²) in [5, 5.41) is 10.7. The number of aryl methyl sites for hydroxylation is 3. The summed E-state index contributed by atoms with van der Waals surface area (Å²) in [6.45, 7) is 8.40. The number of rotatable bonds is 4. The number of fused-ring (bicyclic) bond motifs is 1. The Morgan fingerprint density at radius 3 is 2.36 bits per heavy atom. The molecule has 0 fully saturated rings. The van der Waals surface area contributed by atoms with Crippen molar-refractivity contribution in [1.82, 2.24) is 20.0 Å². The topological polar surface area (TPSA) is 43.6 Å². The van der Waals surface area contributed by atoms with E-state index in [1.54, 1.807) is 0 Å². The van der Waals surface area contributed by atoms with Gasteiger partial charge in [-0.1, -0.05) is 47.1 Å². The monoisotopic (exact) mass is 452 g/mol.